The Labute approximate surface area is 152 Å². The summed E-state index contributed by atoms with van der Waals surface area (Å²) in [5.74, 6) is -1.14. The van der Waals surface area contributed by atoms with E-state index in [2.05, 4.69) is 5.32 Å². The smallest absolute Gasteiger partial charge is 0.335 e. The number of amides is 1. The molecule has 138 valence electrons. The lowest BCUT2D eigenvalue weighted by atomic mass is 10.0. The van der Waals surface area contributed by atoms with Crippen LogP contribution in [0.5, 0.6) is 0 Å². The number of carboxylic acid groups (broad SMARTS) is 1. The molecule has 0 aromatic heterocycles. The fourth-order valence-electron chi connectivity index (χ4n) is 2.48. The highest BCUT2D eigenvalue weighted by atomic mass is 32.2. The van der Waals surface area contributed by atoms with Crippen LogP contribution in [0.2, 0.25) is 0 Å². The van der Waals surface area contributed by atoms with Gasteiger partial charge in [-0.2, -0.15) is 0 Å². The van der Waals surface area contributed by atoms with E-state index >= 15 is 0 Å². The van der Waals surface area contributed by atoms with Crippen molar-refractivity contribution < 1.29 is 23.1 Å². The summed E-state index contributed by atoms with van der Waals surface area (Å²) in [5.41, 5.74) is 2.32. The third-order valence-corrected chi connectivity index (χ3v) is 4.81. The number of sulfone groups is 1. The van der Waals surface area contributed by atoms with Crippen molar-refractivity contribution in [2.75, 3.05) is 17.3 Å². The Bertz CT molecular complexity index is 888. The first-order valence-corrected chi connectivity index (χ1v) is 10.2. The highest BCUT2D eigenvalue weighted by molar-refractivity contribution is 7.90. The molecule has 2 aromatic rings. The van der Waals surface area contributed by atoms with Crippen LogP contribution >= 0.6 is 0 Å². The molecule has 0 saturated heterocycles. The Hall–Kier alpha value is -2.67. The standard InChI is InChI=1S/C19H21NO5S/c1-26(24,25)13-12-14-6-9-16(10-7-14)20-18(21)11-8-15-4-2-3-5-17(15)19(22)23/h2-7,9-10H,8,11-13H2,1H3,(H,20,21)(H,22,23). The molecule has 0 unspecified atom stereocenters. The van der Waals surface area contributed by atoms with Gasteiger partial charge < -0.3 is 10.4 Å². The number of aromatic carboxylic acids is 1. The lowest BCUT2D eigenvalue weighted by molar-refractivity contribution is -0.116. The summed E-state index contributed by atoms with van der Waals surface area (Å²) in [5, 5.41) is 11.9. The second-order valence-electron chi connectivity index (χ2n) is 6.09. The van der Waals surface area contributed by atoms with Crippen molar-refractivity contribution in [3.63, 3.8) is 0 Å². The van der Waals surface area contributed by atoms with Gasteiger partial charge >= 0.3 is 5.97 Å². The molecular formula is C19H21NO5S. The largest absolute Gasteiger partial charge is 0.478 e. The topological polar surface area (TPSA) is 101 Å². The van der Waals surface area contributed by atoms with Crippen molar-refractivity contribution in [1.82, 2.24) is 0 Å². The first kappa shape index (κ1) is 19.7. The summed E-state index contributed by atoms with van der Waals surface area (Å²) in [4.78, 5) is 23.2. The van der Waals surface area contributed by atoms with Crippen molar-refractivity contribution in [2.24, 2.45) is 0 Å². The quantitative estimate of drug-likeness (QED) is 0.738. The van der Waals surface area contributed by atoms with E-state index in [9.17, 15) is 18.0 Å². The number of nitrogens with one attached hydrogen (secondary N) is 1. The van der Waals surface area contributed by atoms with Crippen LogP contribution in [-0.4, -0.2) is 37.4 Å². The molecule has 6 nitrogen and oxygen atoms in total. The number of hydrogen-bond acceptors (Lipinski definition) is 4. The van der Waals surface area contributed by atoms with Crippen LogP contribution in [0.15, 0.2) is 48.5 Å². The minimum atomic E-state index is -3.01. The molecule has 0 aliphatic carbocycles. The number of carbonyl (C=O) groups is 2. The predicted molar refractivity (Wildman–Crippen MR) is 100 cm³/mol. The average Bonchev–Trinajstić information content (AvgIpc) is 2.59. The number of carboxylic acids is 1. The van der Waals surface area contributed by atoms with Gasteiger partial charge in [-0.05, 0) is 42.2 Å². The number of aryl methyl sites for hydroxylation is 2. The van der Waals surface area contributed by atoms with Gasteiger partial charge in [-0.15, -0.1) is 0 Å². The number of rotatable bonds is 8. The Morgan fingerprint density at radius 2 is 1.65 bits per heavy atom. The number of carbonyl (C=O) groups excluding carboxylic acids is 1. The van der Waals surface area contributed by atoms with E-state index in [-0.39, 0.29) is 23.6 Å². The Morgan fingerprint density at radius 1 is 1.00 bits per heavy atom. The minimum absolute atomic E-state index is 0.0850. The van der Waals surface area contributed by atoms with Crippen molar-refractivity contribution in [3.05, 3.63) is 65.2 Å². The van der Waals surface area contributed by atoms with Gasteiger partial charge in [0.1, 0.15) is 9.84 Å². The van der Waals surface area contributed by atoms with Gasteiger partial charge in [0, 0.05) is 18.4 Å². The molecule has 2 rings (SSSR count). The molecule has 7 heteroatoms. The third-order valence-electron chi connectivity index (χ3n) is 3.87. The second kappa shape index (κ2) is 8.62. The van der Waals surface area contributed by atoms with Crippen molar-refractivity contribution in [3.8, 4) is 0 Å². The fourth-order valence-corrected chi connectivity index (χ4v) is 3.08. The fraction of sp³-hybridized carbons (Fsp3) is 0.263. The Balaban J connectivity index is 1.89. The molecule has 2 aromatic carbocycles. The van der Waals surface area contributed by atoms with Crippen molar-refractivity contribution in [2.45, 2.75) is 19.3 Å². The Morgan fingerprint density at radius 3 is 2.27 bits per heavy atom. The maximum atomic E-state index is 12.1. The molecular weight excluding hydrogens is 354 g/mol. The van der Waals surface area contributed by atoms with Gasteiger partial charge in [-0.3, -0.25) is 4.79 Å². The van der Waals surface area contributed by atoms with Crippen LogP contribution in [0.25, 0.3) is 0 Å². The lowest BCUT2D eigenvalue weighted by Gasteiger charge is -2.08. The molecule has 0 spiro atoms. The lowest BCUT2D eigenvalue weighted by Crippen LogP contribution is -2.13. The third kappa shape index (κ3) is 6.33. The van der Waals surface area contributed by atoms with Crippen molar-refractivity contribution >= 4 is 27.4 Å². The van der Waals surface area contributed by atoms with E-state index in [1.165, 1.54) is 12.3 Å². The maximum Gasteiger partial charge on any atom is 0.335 e. The van der Waals surface area contributed by atoms with Gasteiger partial charge in [0.15, 0.2) is 0 Å². The summed E-state index contributed by atoms with van der Waals surface area (Å²) in [7, 11) is -3.01. The number of anilines is 1. The first-order chi connectivity index (χ1) is 12.2. The van der Waals surface area contributed by atoms with Gasteiger partial charge in [0.05, 0.1) is 11.3 Å². The van der Waals surface area contributed by atoms with Gasteiger partial charge in [-0.25, -0.2) is 13.2 Å². The van der Waals surface area contributed by atoms with E-state index in [0.717, 1.165) is 5.56 Å². The molecule has 0 heterocycles. The molecule has 0 saturated carbocycles. The van der Waals surface area contributed by atoms with E-state index in [4.69, 9.17) is 5.11 Å². The van der Waals surface area contributed by atoms with Crippen LogP contribution < -0.4 is 5.32 Å². The average molecular weight is 375 g/mol. The van der Waals surface area contributed by atoms with Gasteiger partial charge in [0.2, 0.25) is 5.91 Å². The van der Waals surface area contributed by atoms with E-state index < -0.39 is 15.8 Å². The normalized spacial score (nSPS) is 11.1. The molecule has 0 aliphatic rings. The van der Waals surface area contributed by atoms with E-state index in [1.807, 2.05) is 0 Å². The molecule has 2 N–H and O–H groups in total. The van der Waals surface area contributed by atoms with Crippen LogP contribution in [0.4, 0.5) is 5.69 Å². The predicted octanol–water partition coefficient (Wildman–Crippen LogP) is 2.54. The zero-order valence-electron chi connectivity index (χ0n) is 14.4. The summed E-state index contributed by atoms with van der Waals surface area (Å²) in [6.07, 6.45) is 2.13. The monoisotopic (exact) mass is 375 g/mol. The minimum Gasteiger partial charge on any atom is -0.478 e. The SMILES string of the molecule is CS(=O)(=O)CCc1ccc(NC(=O)CCc2ccccc2C(=O)O)cc1. The maximum absolute atomic E-state index is 12.1. The molecule has 0 fully saturated rings. The molecule has 26 heavy (non-hydrogen) atoms. The summed E-state index contributed by atoms with van der Waals surface area (Å²) in [6, 6.07) is 13.6. The van der Waals surface area contributed by atoms with Crippen LogP contribution in [-0.2, 0) is 27.5 Å². The number of hydrogen-bond donors (Lipinski definition) is 2. The van der Waals surface area contributed by atoms with Crippen LogP contribution in [0.1, 0.15) is 27.9 Å². The molecule has 1 amide bonds. The van der Waals surface area contributed by atoms with E-state index in [1.54, 1.807) is 42.5 Å². The van der Waals surface area contributed by atoms with Gasteiger partial charge in [-0.1, -0.05) is 30.3 Å². The number of benzene rings is 2. The summed E-state index contributed by atoms with van der Waals surface area (Å²) < 4.78 is 22.4. The first-order valence-electron chi connectivity index (χ1n) is 8.12. The summed E-state index contributed by atoms with van der Waals surface area (Å²) >= 11 is 0. The molecule has 0 bridgehead atoms. The highest BCUT2D eigenvalue weighted by Crippen LogP contribution is 2.14. The van der Waals surface area contributed by atoms with Gasteiger partial charge in [0.25, 0.3) is 0 Å². The van der Waals surface area contributed by atoms with Crippen LogP contribution in [0.3, 0.4) is 0 Å². The Kier molecular flexibility index (Phi) is 6.52. The zero-order valence-corrected chi connectivity index (χ0v) is 15.3. The zero-order chi connectivity index (χ0) is 19.2. The highest BCUT2D eigenvalue weighted by Gasteiger charge is 2.11. The van der Waals surface area contributed by atoms with Crippen LogP contribution in [0, 0.1) is 0 Å². The van der Waals surface area contributed by atoms with Crippen molar-refractivity contribution in [1.29, 1.82) is 0 Å². The molecule has 0 radical (unpaired) electrons. The summed E-state index contributed by atoms with van der Waals surface area (Å²) in [6.45, 7) is 0. The molecule has 0 atom stereocenters. The second-order valence-corrected chi connectivity index (χ2v) is 8.35. The van der Waals surface area contributed by atoms with E-state index in [0.29, 0.717) is 24.1 Å². The molecule has 0 aliphatic heterocycles.